The smallest absolute Gasteiger partial charge is 0.321 e. The zero-order chi connectivity index (χ0) is 17.2. The number of carbonyl (C=O) groups is 2. The first kappa shape index (κ1) is 15.5. The summed E-state index contributed by atoms with van der Waals surface area (Å²) in [5.74, 6) is -0.104. The van der Waals surface area contributed by atoms with Crippen molar-refractivity contribution in [2.45, 2.75) is 12.8 Å². The minimum absolute atomic E-state index is 0.0831. The summed E-state index contributed by atoms with van der Waals surface area (Å²) in [4.78, 5) is 26.0. The highest BCUT2D eigenvalue weighted by atomic mass is 16.2. The lowest BCUT2D eigenvalue weighted by Gasteiger charge is -2.20. The Morgan fingerprint density at radius 3 is 2.64 bits per heavy atom. The number of urea groups is 1. The van der Waals surface area contributed by atoms with Gasteiger partial charge in [-0.2, -0.15) is 0 Å². The fourth-order valence-corrected chi connectivity index (χ4v) is 3.36. The lowest BCUT2D eigenvalue weighted by molar-refractivity contribution is 0.102. The van der Waals surface area contributed by atoms with Gasteiger partial charge in [0.25, 0.3) is 5.91 Å². The van der Waals surface area contributed by atoms with Gasteiger partial charge in [0.15, 0.2) is 0 Å². The van der Waals surface area contributed by atoms with Crippen LogP contribution in [-0.4, -0.2) is 31.6 Å². The zero-order valence-electron chi connectivity index (χ0n) is 13.8. The van der Waals surface area contributed by atoms with Crippen LogP contribution < -0.4 is 20.9 Å². The number of carbonyl (C=O) groups excluding carboxylic acids is 2. The highest BCUT2D eigenvalue weighted by molar-refractivity contribution is 6.06. The van der Waals surface area contributed by atoms with Crippen molar-refractivity contribution >= 4 is 29.0 Å². The van der Waals surface area contributed by atoms with E-state index in [-0.39, 0.29) is 11.9 Å². The van der Waals surface area contributed by atoms with Gasteiger partial charge in [0.1, 0.15) is 0 Å². The van der Waals surface area contributed by atoms with E-state index < -0.39 is 0 Å². The molecule has 0 spiro atoms. The third-order valence-electron chi connectivity index (χ3n) is 4.63. The molecule has 0 radical (unpaired) electrons. The van der Waals surface area contributed by atoms with Gasteiger partial charge in [-0.15, -0.1) is 0 Å². The molecule has 3 amide bonds. The van der Waals surface area contributed by atoms with E-state index in [0.717, 1.165) is 42.0 Å². The molecule has 2 heterocycles. The second-order valence-electron chi connectivity index (χ2n) is 6.25. The van der Waals surface area contributed by atoms with Gasteiger partial charge in [-0.1, -0.05) is 6.07 Å². The van der Waals surface area contributed by atoms with E-state index in [1.54, 1.807) is 4.90 Å². The summed E-state index contributed by atoms with van der Waals surface area (Å²) in [6.07, 6.45) is 1.94. The van der Waals surface area contributed by atoms with Crippen molar-refractivity contribution in [2.24, 2.45) is 0 Å². The molecule has 2 aromatic rings. The number of nitrogens with one attached hydrogen (secondary N) is 3. The maximum atomic E-state index is 12.7. The van der Waals surface area contributed by atoms with Gasteiger partial charge in [0.2, 0.25) is 0 Å². The second-order valence-corrected chi connectivity index (χ2v) is 6.25. The van der Waals surface area contributed by atoms with E-state index in [1.165, 1.54) is 0 Å². The largest absolute Gasteiger partial charge is 0.385 e. The molecule has 25 heavy (non-hydrogen) atoms. The first-order valence-corrected chi connectivity index (χ1v) is 8.55. The number of hydrogen-bond acceptors (Lipinski definition) is 3. The molecule has 6 nitrogen and oxygen atoms in total. The van der Waals surface area contributed by atoms with Crippen LogP contribution in [0.1, 0.15) is 22.3 Å². The fourth-order valence-electron chi connectivity index (χ4n) is 3.36. The number of rotatable bonds is 3. The summed E-state index contributed by atoms with van der Waals surface area (Å²) in [5.41, 5.74) is 4.39. The van der Waals surface area contributed by atoms with Gasteiger partial charge < -0.3 is 16.0 Å². The first-order chi connectivity index (χ1) is 12.2. The molecule has 2 aromatic carbocycles. The van der Waals surface area contributed by atoms with E-state index in [1.807, 2.05) is 42.5 Å². The summed E-state index contributed by atoms with van der Waals surface area (Å²) in [6.45, 7) is 2.27. The summed E-state index contributed by atoms with van der Waals surface area (Å²) in [7, 11) is 0. The molecule has 6 heteroatoms. The van der Waals surface area contributed by atoms with Gasteiger partial charge in [-0.25, -0.2) is 4.79 Å². The van der Waals surface area contributed by atoms with Crippen LogP contribution in [0.25, 0.3) is 0 Å². The molecule has 3 N–H and O–H groups in total. The Morgan fingerprint density at radius 1 is 1.04 bits per heavy atom. The number of hydrogen-bond donors (Lipinski definition) is 3. The van der Waals surface area contributed by atoms with E-state index in [9.17, 15) is 9.59 Å². The minimum Gasteiger partial charge on any atom is -0.385 e. The molecule has 2 aliphatic heterocycles. The van der Waals surface area contributed by atoms with Crippen molar-refractivity contribution < 1.29 is 9.59 Å². The molecule has 0 unspecified atom stereocenters. The number of fused-ring (bicyclic) bond motifs is 1. The van der Waals surface area contributed by atoms with Crippen molar-refractivity contribution in [3.8, 4) is 0 Å². The van der Waals surface area contributed by atoms with E-state index in [4.69, 9.17) is 0 Å². The minimum atomic E-state index is -0.104. The summed E-state index contributed by atoms with van der Waals surface area (Å²) in [5, 5.41) is 9.07. The average molecular weight is 336 g/mol. The molecule has 1 fully saturated rings. The number of amides is 3. The third-order valence-corrected chi connectivity index (χ3v) is 4.63. The van der Waals surface area contributed by atoms with Crippen molar-refractivity contribution in [1.82, 2.24) is 5.32 Å². The predicted octanol–water partition coefficient (Wildman–Crippen LogP) is 2.83. The number of nitrogens with zero attached hydrogens (tertiary/aromatic N) is 1. The summed E-state index contributed by atoms with van der Waals surface area (Å²) < 4.78 is 0. The van der Waals surface area contributed by atoms with Gasteiger partial charge in [0.05, 0.1) is 0 Å². The standard InChI is InChI=1S/C19H20N4O2/c24-18(16-3-1-5-17-15(16)4-2-10-20-17)22-13-6-8-14(9-7-13)23-12-11-21-19(23)25/h1,3,5-9,20H,2,4,10-12H2,(H,21,25)(H,22,24). The van der Waals surface area contributed by atoms with E-state index in [2.05, 4.69) is 16.0 Å². The Bertz CT molecular complexity index is 817. The molecule has 0 bridgehead atoms. The summed E-state index contributed by atoms with van der Waals surface area (Å²) >= 11 is 0. The van der Waals surface area contributed by atoms with Gasteiger partial charge in [0, 0.05) is 42.3 Å². The number of benzene rings is 2. The third kappa shape index (κ3) is 3.03. The molecule has 128 valence electrons. The highest BCUT2D eigenvalue weighted by Gasteiger charge is 2.21. The second kappa shape index (κ2) is 6.47. The number of anilines is 3. The van der Waals surface area contributed by atoms with Crippen LogP contribution in [0.3, 0.4) is 0 Å². The van der Waals surface area contributed by atoms with Crippen LogP contribution in [-0.2, 0) is 6.42 Å². The predicted molar refractivity (Wildman–Crippen MR) is 98.4 cm³/mol. The van der Waals surface area contributed by atoms with Crippen LogP contribution in [0.4, 0.5) is 21.9 Å². The lowest BCUT2D eigenvalue weighted by Crippen LogP contribution is -2.27. The Morgan fingerprint density at radius 2 is 1.88 bits per heavy atom. The Balaban J connectivity index is 1.51. The summed E-state index contributed by atoms with van der Waals surface area (Å²) in [6, 6.07) is 13.1. The van der Waals surface area contributed by atoms with Crippen LogP contribution >= 0.6 is 0 Å². The molecule has 0 aromatic heterocycles. The Labute approximate surface area is 146 Å². The SMILES string of the molecule is O=C(Nc1ccc(N2CCNC2=O)cc1)c1cccc2c1CCCN2. The Hall–Kier alpha value is -3.02. The zero-order valence-corrected chi connectivity index (χ0v) is 13.8. The van der Waals surface area contributed by atoms with Crippen molar-refractivity contribution in [3.05, 3.63) is 53.6 Å². The molecular formula is C19H20N4O2. The van der Waals surface area contributed by atoms with Gasteiger partial charge in [-0.3, -0.25) is 9.69 Å². The maximum Gasteiger partial charge on any atom is 0.321 e. The lowest BCUT2D eigenvalue weighted by atomic mass is 9.97. The molecule has 0 atom stereocenters. The van der Waals surface area contributed by atoms with Gasteiger partial charge in [-0.05, 0) is 54.8 Å². The quantitative estimate of drug-likeness (QED) is 0.807. The van der Waals surface area contributed by atoms with Crippen molar-refractivity contribution in [3.63, 3.8) is 0 Å². The molecule has 2 aliphatic rings. The van der Waals surface area contributed by atoms with Crippen LogP contribution in [0.2, 0.25) is 0 Å². The first-order valence-electron chi connectivity index (χ1n) is 8.55. The molecule has 4 rings (SSSR count). The van der Waals surface area contributed by atoms with E-state index >= 15 is 0 Å². The molecule has 0 saturated carbocycles. The van der Waals surface area contributed by atoms with Crippen LogP contribution in [0.5, 0.6) is 0 Å². The van der Waals surface area contributed by atoms with Crippen molar-refractivity contribution in [2.75, 3.05) is 35.2 Å². The van der Waals surface area contributed by atoms with Crippen molar-refractivity contribution in [1.29, 1.82) is 0 Å². The van der Waals surface area contributed by atoms with Crippen LogP contribution in [0, 0.1) is 0 Å². The molecule has 0 aliphatic carbocycles. The topological polar surface area (TPSA) is 73.5 Å². The van der Waals surface area contributed by atoms with Gasteiger partial charge >= 0.3 is 6.03 Å². The monoisotopic (exact) mass is 336 g/mol. The fraction of sp³-hybridized carbons (Fsp3) is 0.263. The maximum absolute atomic E-state index is 12.7. The average Bonchev–Trinajstić information content (AvgIpc) is 3.08. The highest BCUT2D eigenvalue weighted by Crippen LogP contribution is 2.26. The molecular weight excluding hydrogens is 316 g/mol. The normalized spacial score (nSPS) is 16.0. The van der Waals surface area contributed by atoms with E-state index in [0.29, 0.717) is 18.7 Å². The Kier molecular flexibility index (Phi) is 4.01. The molecule has 1 saturated heterocycles. The van der Waals surface area contributed by atoms with Crippen LogP contribution in [0.15, 0.2) is 42.5 Å².